The monoisotopic (exact) mass is 276 g/mol. The van der Waals surface area contributed by atoms with Crippen molar-refractivity contribution in [1.29, 1.82) is 0 Å². The Labute approximate surface area is 118 Å². The van der Waals surface area contributed by atoms with Crippen molar-refractivity contribution in [2.75, 3.05) is 11.9 Å². The minimum atomic E-state index is -0.240. The molecule has 0 aromatic heterocycles. The number of aliphatic hydroxyl groups is 1. The summed E-state index contributed by atoms with van der Waals surface area (Å²) in [6.45, 7) is 4.01. The number of carbonyl (C=O) groups is 2. The van der Waals surface area contributed by atoms with E-state index in [1.54, 1.807) is 18.2 Å². The number of benzene rings is 1. The minimum Gasteiger partial charge on any atom is -0.394 e. The standard InChI is InChI=1S/C15H20N2O3/c1-9(2)5-12(8-18)16-15(20)10-3-4-13-11(6-10)7-14(19)17-13/h3-4,6,9,12,18H,5,7-8H2,1-2H3,(H,16,20)(H,17,19). The normalized spacial score (nSPS) is 14.9. The molecular formula is C15H20N2O3. The van der Waals surface area contributed by atoms with Gasteiger partial charge in [0.05, 0.1) is 19.1 Å². The first-order chi connectivity index (χ1) is 9.49. The second kappa shape index (κ2) is 6.05. The van der Waals surface area contributed by atoms with E-state index in [1.807, 2.05) is 13.8 Å². The third kappa shape index (κ3) is 3.36. The summed E-state index contributed by atoms with van der Waals surface area (Å²) in [6.07, 6.45) is 1.04. The molecule has 5 nitrogen and oxygen atoms in total. The van der Waals surface area contributed by atoms with E-state index < -0.39 is 0 Å². The molecule has 0 aliphatic carbocycles. The van der Waals surface area contributed by atoms with Crippen molar-refractivity contribution in [3.8, 4) is 0 Å². The fourth-order valence-corrected chi connectivity index (χ4v) is 2.39. The lowest BCUT2D eigenvalue weighted by Crippen LogP contribution is -2.38. The first kappa shape index (κ1) is 14.5. The van der Waals surface area contributed by atoms with Gasteiger partial charge in [-0.2, -0.15) is 0 Å². The molecule has 1 aliphatic heterocycles. The van der Waals surface area contributed by atoms with Gasteiger partial charge in [-0.15, -0.1) is 0 Å². The van der Waals surface area contributed by atoms with Crippen molar-refractivity contribution < 1.29 is 14.7 Å². The van der Waals surface area contributed by atoms with Crippen LogP contribution in [-0.2, 0) is 11.2 Å². The van der Waals surface area contributed by atoms with Crippen LogP contribution < -0.4 is 10.6 Å². The SMILES string of the molecule is CC(C)CC(CO)NC(=O)c1ccc2c(c1)CC(=O)N2. The van der Waals surface area contributed by atoms with Crippen LogP contribution >= 0.6 is 0 Å². The summed E-state index contributed by atoms with van der Waals surface area (Å²) in [5.41, 5.74) is 2.13. The smallest absolute Gasteiger partial charge is 0.251 e. The van der Waals surface area contributed by atoms with E-state index in [4.69, 9.17) is 0 Å². The van der Waals surface area contributed by atoms with Crippen LogP contribution in [0.3, 0.4) is 0 Å². The zero-order valence-corrected chi connectivity index (χ0v) is 11.8. The summed E-state index contributed by atoms with van der Waals surface area (Å²) < 4.78 is 0. The lowest BCUT2D eigenvalue weighted by molar-refractivity contribution is -0.115. The van der Waals surface area contributed by atoms with Gasteiger partial charge in [-0.05, 0) is 36.1 Å². The van der Waals surface area contributed by atoms with Crippen LogP contribution in [0.1, 0.15) is 36.2 Å². The fourth-order valence-electron chi connectivity index (χ4n) is 2.39. The molecule has 2 rings (SSSR count). The number of nitrogens with one attached hydrogen (secondary N) is 2. The zero-order valence-electron chi connectivity index (χ0n) is 11.8. The number of anilines is 1. The van der Waals surface area contributed by atoms with Gasteiger partial charge in [-0.25, -0.2) is 0 Å². The fraction of sp³-hybridized carbons (Fsp3) is 0.467. The summed E-state index contributed by atoms with van der Waals surface area (Å²) in [5.74, 6) is 0.131. The van der Waals surface area contributed by atoms with Crippen molar-refractivity contribution in [3.63, 3.8) is 0 Å². The van der Waals surface area contributed by atoms with Gasteiger partial charge in [0.2, 0.25) is 5.91 Å². The van der Waals surface area contributed by atoms with Gasteiger partial charge in [0.1, 0.15) is 0 Å². The average molecular weight is 276 g/mol. The van der Waals surface area contributed by atoms with Crippen LogP contribution in [0.4, 0.5) is 5.69 Å². The summed E-state index contributed by atoms with van der Waals surface area (Å²) in [6, 6.07) is 4.91. The Morgan fingerprint density at radius 1 is 1.45 bits per heavy atom. The van der Waals surface area contributed by atoms with E-state index in [0.29, 0.717) is 17.9 Å². The first-order valence-electron chi connectivity index (χ1n) is 6.84. The zero-order chi connectivity index (χ0) is 14.7. The molecule has 3 N–H and O–H groups in total. The van der Waals surface area contributed by atoms with Crippen molar-refractivity contribution in [2.45, 2.75) is 32.7 Å². The van der Waals surface area contributed by atoms with Gasteiger partial charge in [-0.1, -0.05) is 13.8 Å². The van der Waals surface area contributed by atoms with Crippen molar-refractivity contribution in [2.24, 2.45) is 5.92 Å². The average Bonchev–Trinajstić information content (AvgIpc) is 2.76. The number of aliphatic hydroxyl groups excluding tert-OH is 1. The van der Waals surface area contributed by atoms with Crippen LogP contribution in [-0.4, -0.2) is 29.6 Å². The van der Waals surface area contributed by atoms with E-state index in [0.717, 1.165) is 17.7 Å². The van der Waals surface area contributed by atoms with Crippen molar-refractivity contribution >= 4 is 17.5 Å². The highest BCUT2D eigenvalue weighted by molar-refractivity contribution is 6.01. The molecule has 0 radical (unpaired) electrons. The number of hydrogen-bond donors (Lipinski definition) is 3. The van der Waals surface area contributed by atoms with E-state index >= 15 is 0 Å². The maximum absolute atomic E-state index is 12.1. The van der Waals surface area contributed by atoms with Gasteiger partial charge < -0.3 is 15.7 Å². The molecule has 108 valence electrons. The number of amides is 2. The van der Waals surface area contributed by atoms with E-state index in [1.165, 1.54) is 0 Å². The molecule has 2 amide bonds. The molecule has 0 spiro atoms. The number of rotatable bonds is 5. The molecule has 1 atom stereocenters. The largest absolute Gasteiger partial charge is 0.394 e. The summed E-state index contributed by atoms with van der Waals surface area (Å²) in [7, 11) is 0. The Bertz CT molecular complexity index is 526. The second-order valence-corrected chi connectivity index (χ2v) is 5.58. The number of carbonyl (C=O) groups excluding carboxylic acids is 2. The molecule has 0 fully saturated rings. The predicted molar refractivity (Wildman–Crippen MR) is 76.6 cm³/mol. The Morgan fingerprint density at radius 2 is 2.20 bits per heavy atom. The minimum absolute atomic E-state index is 0.0504. The van der Waals surface area contributed by atoms with Crippen LogP contribution in [0, 0.1) is 5.92 Å². The van der Waals surface area contributed by atoms with Gasteiger partial charge in [0.25, 0.3) is 5.91 Å². The topological polar surface area (TPSA) is 78.4 Å². The Morgan fingerprint density at radius 3 is 2.85 bits per heavy atom. The Hall–Kier alpha value is -1.88. The second-order valence-electron chi connectivity index (χ2n) is 5.58. The Balaban J connectivity index is 2.06. The van der Waals surface area contributed by atoms with Gasteiger partial charge >= 0.3 is 0 Å². The highest BCUT2D eigenvalue weighted by atomic mass is 16.3. The lowest BCUT2D eigenvalue weighted by Gasteiger charge is -2.18. The molecule has 0 bridgehead atoms. The number of hydrogen-bond acceptors (Lipinski definition) is 3. The molecule has 0 saturated carbocycles. The molecule has 1 unspecified atom stereocenters. The maximum Gasteiger partial charge on any atom is 0.251 e. The predicted octanol–water partition coefficient (Wildman–Crippen LogP) is 1.32. The van der Waals surface area contributed by atoms with E-state index in [9.17, 15) is 14.7 Å². The van der Waals surface area contributed by atoms with Gasteiger partial charge in [-0.3, -0.25) is 9.59 Å². The highest BCUT2D eigenvalue weighted by Gasteiger charge is 2.20. The Kier molecular flexibility index (Phi) is 4.39. The molecule has 1 aromatic carbocycles. The summed E-state index contributed by atoms with van der Waals surface area (Å²) in [5, 5.41) is 14.8. The van der Waals surface area contributed by atoms with Crippen LogP contribution in [0.5, 0.6) is 0 Å². The van der Waals surface area contributed by atoms with Crippen LogP contribution in [0.2, 0.25) is 0 Å². The third-order valence-electron chi connectivity index (χ3n) is 3.30. The third-order valence-corrected chi connectivity index (χ3v) is 3.30. The van der Waals surface area contributed by atoms with Crippen molar-refractivity contribution in [3.05, 3.63) is 29.3 Å². The van der Waals surface area contributed by atoms with E-state index in [2.05, 4.69) is 10.6 Å². The molecule has 1 aliphatic rings. The number of fused-ring (bicyclic) bond motifs is 1. The molecule has 0 saturated heterocycles. The van der Waals surface area contributed by atoms with Crippen molar-refractivity contribution in [1.82, 2.24) is 5.32 Å². The van der Waals surface area contributed by atoms with Gasteiger partial charge in [0, 0.05) is 11.3 Å². The highest BCUT2D eigenvalue weighted by Crippen LogP contribution is 2.23. The molecular weight excluding hydrogens is 256 g/mol. The molecule has 1 aromatic rings. The van der Waals surface area contributed by atoms with E-state index in [-0.39, 0.29) is 24.5 Å². The molecule has 1 heterocycles. The lowest BCUT2D eigenvalue weighted by atomic mass is 10.0. The summed E-state index contributed by atoms with van der Waals surface area (Å²) in [4.78, 5) is 23.4. The quantitative estimate of drug-likeness (QED) is 0.759. The molecule has 20 heavy (non-hydrogen) atoms. The van der Waals surface area contributed by atoms with Crippen LogP contribution in [0.25, 0.3) is 0 Å². The summed E-state index contributed by atoms with van der Waals surface area (Å²) >= 11 is 0. The van der Waals surface area contributed by atoms with Crippen LogP contribution in [0.15, 0.2) is 18.2 Å². The maximum atomic E-state index is 12.1. The van der Waals surface area contributed by atoms with Gasteiger partial charge in [0.15, 0.2) is 0 Å². The first-order valence-corrected chi connectivity index (χ1v) is 6.84. The molecule has 5 heteroatoms.